The molecule has 0 unspecified atom stereocenters. The molecule has 0 fully saturated rings. The molecule has 0 N–H and O–H groups in total. The maximum atomic E-state index is 9.59. The first kappa shape index (κ1) is 12.8. The van der Waals surface area contributed by atoms with Gasteiger partial charge < -0.3 is 18.9 Å². The summed E-state index contributed by atoms with van der Waals surface area (Å²) in [5.74, 6) is 0. The summed E-state index contributed by atoms with van der Waals surface area (Å²) >= 11 is 0. The van der Waals surface area contributed by atoms with E-state index < -0.39 is 7.82 Å². The minimum absolute atomic E-state index is 0. The monoisotopic (exact) mass is 176 g/mol. The van der Waals surface area contributed by atoms with Gasteiger partial charge in [0, 0.05) is 0 Å². The van der Waals surface area contributed by atoms with E-state index in [0.717, 1.165) is 0 Å². The second kappa shape index (κ2) is 5.86. The Morgan fingerprint density at radius 2 is 2.11 bits per heavy atom. The predicted molar refractivity (Wildman–Crippen MR) is 29.5 cm³/mol. The van der Waals surface area contributed by atoms with Gasteiger partial charge in [-0.3, -0.25) is 0 Å². The smallest absolute Gasteiger partial charge is 0.790 e. The summed E-state index contributed by atoms with van der Waals surface area (Å²) in [4.78, 5) is 19.2. The van der Waals surface area contributed by atoms with Gasteiger partial charge in [-0.2, -0.15) is 0 Å². The number of phosphoric ester groups is 1. The van der Waals surface area contributed by atoms with Crippen molar-refractivity contribution in [2.75, 3.05) is 6.61 Å². The number of rotatable bonds is 3. The van der Waals surface area contributed by atoms with E-state index in [9.17, 15) is 14.4 Å². The number of hydrogen-bond donors (Lipinski definition) is 0. The molecule has 0 rings (SSSR count). The van der Waals surface area contributed by atoms with Crippen molar-refractivity contribution >= 4 is 45.6 Å². The third-order valence-corrected chi connectivity index (χ3v) is 0.816. The Bertz CT molecular complexity index is 119. The molecule has 0 saturated heterocycles. The van der Waals surface area contributed by atoms with Gasteiger partial charge in [-0.25, -0.2) is 0 Å². The molecule has 0 radical (unpaired) electrons. The molecule has 0 spiro atoms. The van der Waals surface area contributed by atoms with Crippen LogP contribution in [0.1, 0.15) is 0 Å². The Hall–Kier alpha value is 1.11. The van der Waals surface area contributed by atoms with Crippen molar-refractivity contribution in [3.63, 3.8) is 0 Å². The molecule has 0 aromatic heterocycles. The van der Waals surface area contributed by atoms with Crippen LogP contribution in [0.25, 0.3) is 0 Å². The van der Waals surface area contributed by atoms with Crippen molar-refractivity contribution in [1.29, 1.82) is 0 Å². The van der Waals surface area contributed by atoms with Crippen LogP contribution >= 0.6 is 7.82 Å². The minimum atomic E-state index is -4.75. The van der Waals surface area contributed by atoms with Gasteiger partial charge in [-0.1, -0.05) is 6.08 Å². The molecule has 0 aliphatic rings. The second-order valence-electron chi connectivity index (χ2n) is 1.03. The Balaban J connectivity index is 0. The Kier molecular flexibility index (Phi) is 8.31. The summed E-state index contributed by atoms with van der Waals surface area (Å²) < 4.78 is 13.3. The van der Waals surface area contributed by atoms with Gasteiger partial charge in [0.1, 0.15) is 0 Å². The molecule has 0 aromatic rings. The number of phosphoric acid groups is 1. The maximum Gasteiger partial charge on any atom is 2.00 e. The van der Waals surface area contributed by atoms with Crippen molar-refractivity contribution in [1.82, 2.24) is 0 Å². The minimum Gasteiger partial charge on any atom is -0.790 e. The third-order valence-electron chi connectivity index (χ3n) is 0.351. The van der Waals surface area contributed by atoms with E-state index >= 15 is 0 Å². The first-order valence-corrected chi connectivity index (χ1v) is 3.30. The molecular weight excluding hydrogens is 171 g/mol. The summed E-state index contributed by atoms with van der Waals surface area (Å²) in [6.45, 7) is 2.89. The molecule has 6 heteroatoms. The fraction of sp³-hybridized carbons (Fsp3) is 0.333. The Morgan fingerprint density at radius 1 is 1.67 bits per heavy atom. The zero-order valence-corrected chi connectivity index (χ0v) is 7.88. The molecule has 0 atom stereocenters. The largest absolute Gasteiger partial charge is 2.00 e. The maximum absolute atomic E-state index is 9.59. The molecule has 0 saturated carbocycles. The quantitative estimate of drug-likeness (QED) is 0.302. The van der Waals surface area contributed by atoms with Gasteiger partial charge in [0.2, 0.25) is 0 Å². The fourth-order valence-electron chi connectivity index (χ4n) is 0.144. The zero-order valence-electron chi connectivity index (χ0n) is 4.78. The van der Waals surface area contributed by atoms with E-state index in [-0.39, 0.29) is 44.3 Å². The van der Waals surface area contributed by atoms with Crippen molar-refractivity contribution in [2.24, 2.45) is 0 Å². The van der Waals surface area contributed by atoms with Gasteiger partial charge >= 0.3 is 37.7 Å². The SMILES string of the molecule is C=CCOP(=O)([O-])[O-].[Ca+2]. The first-order chi connectivity index (χ1) is 3.56. The number of hydrogen-bond acceptors (Lipinski definition) is 4. The van der Waals surface area contributed by atoms with Crippen LogP contribution in [0.15, 0.2) is 12.7 Å². The molecule has 0 heterocycles. The van der Waals surface area contributed by atoms with E-state index in [1.54, 1.807) is 0 Å². The average molecular weight is 176 g/mol. The van der Waals surface area contributed by atoms with Crippen molar-refractivity contribution in [3.8, 4) is 0 Å². The Labute approximate surface area is 83.1 Å². The summed E-state index contributed by atoms with van der Waals surface area (Å²) in [6, 6.07) is 0. The van der Waals surface area contributed by atoms with Gasteiger partial charge in [0.05, 0.1) is 14.4 Å². The topological polar surface area (TPSA) is 72.4 Å². The van der Waals surface area contributed by atoms with Crippen LogP contribution in [0.4, 0.5) is 0 Å². The van der Waals surface area contributed by atoms with Crippen molar-refractivity contribution < 1.29 is 18.9 Å². The summed E-state index contributed by atoms with van der Waals surface area (Å²) in [5.41, 5.74) is 0. The van der Waals surface area contributed by atoms with Gasteiger partial charge in [0.15, 0.2) is 0 Å². The summed E-state index contributed by atoms with van der Waals surface area (Å²) in [6.07, 6.45) is 1.18. The van der Waals surface area contributed by atoms with Crippen molar-refractivity contribution in [2.45, 2.75) is 0 Å². The molecule has 0 aliphatic carbocycles. The molecular formula is C3H5CaO4P. The summed E-state index contributed by atoms with van der Waals surface area (Å²) in [7, 11) is -4.75. The molecule has 4 nitrogen and oxygen atoms in total. The van der Waals surface area contributed by atoms with Crippen LogP contribution < -0.4 is 9.79 Å². The van der Waals surface area contributed by atoms with E-state index in [2.05, 4.69) is 11.1 Å². The molecule has 0 amide bonds. The van der Waals surface area contributed by atoms with Crippen LogP contribution in [-0.4, -0.2) is 44.3 Å². The van der Waals surface area contributed by atoms with Crippen LogP contribution in [0, 0.1) is 0 Å². The van der Waals surface area contributed by atoms with Crippen LogP contribution in [0.5, 0.6) is 0 Å². The normalized spacial score (nSPS) is 10.0. The van der Waals surface area contributed by atoms with Gasteiger partial charge in [0.25, 0.3) is 0 Å². The van der Waals surface area contributed by atoms with E-state index in [1.165, 1.54) is 6.08 Å². The molecule has 48 valence electrons. The molecule has 0 aliphatic heterocycles. The van der Waals surface area contributed by atoms with Crippen molar-refractivity contribution in [3.05, 3.63) is 12.7 Å². The standard InChI is InChI=1S/C3H7O4P.Ca/c1-2-3-7-8(4,5)6;/h2H,1,3H2,(H2,4,5,6);/q;+2/p-2. The first-order valence-electron chi connectivity index (χ1n) is 1.84. The zero-order chi connectivity index (χ0) is 6.62. The molecule has 9 heavy (non-hydrogen) atoms. The van der Waals surface area contributed by atoms with Crippen LogP contribution in [-0.2, 0) is 9.09 Å². The fourth-order valence-corrected chi connectivity index (χ4v) is 0.432. The van der Waals surface area contributed by atoms with Crippen LogP contribution in [0.3, 0.4) is 0 Å². The van der Waals surface area contributed by atoms with Gasteiger partial charge in [-0.05, 0) is 0 Å². The Morgan fingerprint density at radius 3 is 2.22 bits per heavy atom. The van der Waals surface area contributed by atoms with E-state index in [4.69, 9.17) is 0 Å². The third kappa shape index (κ3) is 12.3. The second-order valence-corrected chi connectivity index (χ2v) is 2.18. The van der Waals surface area contributed by atoms with E-state index in [0.29, 0.717) is 0 Å². The predicted octanol–water partition coefficient (Wildman–Crippen LogP) is -1.36. The summed E-state index contributed by atoms with van der Waals surface area (Å²) in [5, 5.41) is 0. The van der Waals surface area contributed by atoms with E-state index in [1.807, 2.05) is 0 Å². The average Bonchev–Trinajstić information content (AvgIpc) is 1.59. The van der Waals surface area contributed by atoms with Crippen LogP contribution in [0.2, 0.25) is 0 Å². The molecule has 0 bridgehead atoms. The molecule has 0 aromatic carbocycles. The van der Waals surface area contributed by atoms with Gasteiger partial charge in [-0.15, -0.1) is 6.58 Å².